The van der Waals surface area contributed by atoms with Crippen molar-refractivity contribution in [1.29, 1.82) is 5.26 Å². The summed E-state index contributed by atoms with van der Waals surface area (Å²) < 4.78 is 32.8. The van der Waals surface area contributed by atoms with Crippen molar-refractivity contribution < 1.29 is 17.9 Å². The number of carbonyl (C=O) groups excluding carboxylic acids is 1. The Hall–Kier alpha value is -2.69. The Morgan fingerprint density at radius 3 is 2.36 bits per heavy atom. The van der Waals surface area contributed by atoms with E-state index >= 15 is 0 Å². The normalized spacial score (nSPS) is 20.3. The van der Waals surface area contributed by atoms with Gasteiger partial charge in [0.15, 0.2) is 0 Å². The maximum Gasteiger partial charge on any atom is 0.343 e. The third-order valence-corrected chi connectivity index (χ3v) is 6.56. The van der Waals surface area contributed by atoms with Gasteiger partial charge in [-0.25, -0.2) is 13.2 Å². The number of piperidine rings is 1. The van der Waals surface area contributed by atoms with Crippen LogP contribution in [0.3, 0.4) is 0 Å². The van der Waals surface area contributed by atoms with E-state index in [1.54, 1.807) is 18.2 Å². The molecule has 28 heavy (non-hydrogen) atoms. The highest BCUT2D eigenvalue weighted by molar-refractivity contribution is 7.89. The molecule has 1 aliphatic heterocycles. The summed E-state index contributed by atoms with van der Waals surface area (Å²) >= 11 is 0. The lowest BCUT2D eigenvalue weighted by molar-refractivity contribution is 0.0734. The molecule has 2 unspecified atom stereocenters. The zero-order chi connectivity index (χ0) is 20.3. The highest BCUT2D eigenvalue weighted by Crippen LogP contribution is 2.27. The molecule has 1 heterocycles. The molecule has 0 radical (unpaired) electrons. The SMILES string of the molecule is CC1CC(C)CN(S(=O)(=O)c2cccc(C(=O)Oc3ccc(C#N)cc3)c2)C1. The number of carbonyl (C=O) groups is 1. The average molecular weight is 398 g/mol. The Balaban J connectivity index is 1.81. The van der Waals surface area contributed by atoms with Gasteiger partial charge in [0.1, 0.15) is 5.75 Å². The first-order valence-electron chi connectivity index (χ1n) is 9.12. The van der Waals surface area contributed by atoms with Crippen molar-refractivity contribution in [2.24, 2.45) is 11.8 Å². The Morgan fingerprint density at radius 1 is 1.11 bits per heavy atom. The fourth-order valence-electron chi connectivity index (χ4n) is 3.50. The van der Waals surface area contributed by atoms with Crippen molar-refractivity contribution in [3.05, 3.63) is 59.7 Å². The largest absolute Gasteiger partial charge is 0.423 e. The lowest BCUT2D eigenvalue weighted by atomic mass is 9.94. The summed E-state index contributed by atoms with van der Waals surface area (Å²) in [5.74, 6) is 0.226. The Labute approximate surface area is 165 Å². The van der Waals surface area contributed by atoms with Crippen molar-refractivity contribution in [2.75, 3.05) is 13.1 Å². The summed E-state index contributed by atoms with van der Waals surface area (Å²) in [6.45, 7) is 5.05. The van der Waals surface area contributed by atoms with Crippen molar-refractivity contribution in [3.8, 4) is 11.8 Å². The third-order valence-electron chi connectivity index (χ3n) is 4.74. The van der Waals surface area contributed by atoms with E-state index in [0.717, 1.165) is 6.42 Å². The molecule has 0 bridgehead atoms. The number of nitrogens with zero attached hydrogens (tertiary/aromatic N) is 2. The van der Waals surface area contributed by atoms with Gasteiger partial charge in [0.05, 0.1) is 22.1 Å². The molecule has 0 aromatic heterocycles. The van der Waals surface area contributed by atoms with E-state index in [-0.39, 0.29) is 16.2 Å². The average Bonchev–Trinajstić information content (AvgIpc) is 2.68. The number of rotatable bonds is 4. The van der Waals surface area contributed by atoms with E-state index in [9.17, 15) is 13.2 Å². The van der Waals surface area contributed by atoms with Crippen LogP contribution in [0, 0.1) is 23.2 Å². The first kappa shape index (κ1) is 20.1. The topological polar surface area (TPSA) is 87.5 Å². The zero-order valence-corrected chi connectivity index (χ0v) is 16.6. The van der Waals surface area contributed by atoms with Gasteiger partial charge in [0, 0.05) is 13.1 Å². The minimum absolute atomic E-state index is 0.0862. The van der Waals surface area contributed by atoms with Gasteiger partial charge in [-0.15, -0.1) is 0 Å². The van der Waals surface area contributed by atoms with E-state index < -0.39 is 16.0 Å². The molecule has 1 fully saturated rings. The molecule has 6 nitrogen and oxygen atoms in total. The highest BCUT2D eigenvalue weighted by Gasteiger charge is 2.32. The molecule has 2 aromatic rings. The third kappa shape index (κ3) is 4.41. The molecule has 2 atom stereocenters. The van der Waals surface area contributed by atoms with Crippen LogP contribution in [0.1, 0.15) is 36.2 Å². The number of hydrogen-bond donors (Lipinski definition) is 0. The van der Waals surface area contributed by atoms with Gasteiger partial charge in [-0.2, -0.15) is 9.57 Å². The molecule has 0 N–H and O–H groups in total. The smallest absolute Gasteiger partial charge is 0.343 e. The molecule has 3 rings (SSSR count). The van der Waals surface area contributed by atoms with Crippen LogP contribution in [0.2, 0.25) is 0 Å². The van der Waals surface area contributed by atoms with Crippen molar-refractivity contribution >= 4 is 16.0 Å². The van der Waals surface area contributed by atoms with E-state index in [4.69, 9.17) is 10.00 Å². The molecule has 0 amide bonds. The van der Waals surface area contributed by atoms with Gasteiger partial charge >= 0.3 is 5.97 Å². The van der Waals surface area contributed by atoms with Crippen molar-refractivity contribution in [2.45, 2.75) is 25.2 Å². The van der Waals surface area contributed by atoms with Crippen LogP contribution in [0.15, 0.2) is 53.4 Å². The highest BCUT2D eigenvalue weighted by atomic mass is 32.2. The van der Waals surface area contributed by atoms with Crippen LogP contribution in [-0.2, 0) is 10.0 Å². The van der Waals surface area contributed by atoms with Crippen LogP contribution in [0.5, 0.6) is 5.75 Å². The molecular formula is C21H22N2O4S. The van der Waals surface area contributed by atoms with Gasteiger partial charge in [-0.3, -0.25) is 0 Å². The number of sulfonamides is 1. The molecular weight excluding hydrogens is 376 g/mol. The summed E-state index contributed by atoms with van der Waals surface area (Å²) in [5, 5.41) is 8.82. The van der Waals surface area contributed by atoms with E-state index in [0.29, 0.717) is 30.5 Å². The summed E-state index contributed by atoms with van der Waals surface area (Å²) in [5.41, 5.74) is 0.612. The summed E-state index contributed by atoms with van der Waals surface area (Å²) in [4.78, 5) is 12.5. The second kappa shape index (κ2) is 8.13. The van der Waals surface area contributed by atoms with Crippen LogP contribution in [0.25, 0.3) is 0 Å². The second-order valence-electron chi connectivity index (χ2n) is 7.32. The quantitative estimate of drug-likeness (QED) is 0.581. The van der Waals surface area contributed by atoms with E-state index in [1.165, 1.54) is 34.6 Å². The molecule has 0 aliphatic carbocycles. The lowest BCUT2D eigenvalue weighted by Gasteiger charge is -2.34. The number of nitriles is 1. The maximum absolute atomic E-state index is 13.0. The monoisotopic (exact) mass is 398 g/mol. The first-order chi connectivity index (χ1) is 13.3. The van der Waals surface area contributed by atoms with Crippen molar-refractivity contribution in [1.82, 2.24) is 4.31 Å². The molecule has 146 valence electrons. The predicted octanol–water partition coefficient (Wildman–Crippen LogP) is 3.44. The number of esters is 1. The van der Waals surface area contributed by atoms with Gasteiger partial charge < -0.3 is 4.74 Å². The van der Waals surface area contributed by atoms with Crippen LogP contribution in [0.4, 0.5) is 0 Å². The Kier molecular flexibility index (Phi) is 5.82. The Morgan fingerprint density at radius 2 is 1.75 bits per heavy atom. The summed E-state index contributed by atoms with van der Waals surface area (Å²) in [6.07, 6.45) is 1.00. The molecule has 0 spiro atoms. The van der Waals surface area contributed by atoms with Crippen LogP contribution >= 0.6 is 0 Å². The molecule has 2 aromatic carbocycles. The minimum Gasteiger partial charge on any atom is -0.423 e. The second-order valence-corrected chi connectivity index (χ2v) is 9.26. The molecule has 0 saturated carbocycles. The van der Waals surface area contributed by atoms with Crippen LogP contribution < -0.4 is 4.74 Å². The lowest BCUT2D eigenvalue weighted by Crippen LogP contribution is -2.42. The van der Waals surface area contributed by atoms with Gasteiger partial charge in [0.2, 0.25) is 10.0 Å². The van der Waals surface area contributed by atoms with Gasteiger partial charge in [-0.05, 0) is 60.7 Å². The molecule has 1 saturated heterocycles. The predicted molar refractivity (Wildman–Crippen MR) is 104 cm³/mol. The standard InChI is InChI=1S/C21H22N2O4S/c1-15-10-16(2)14-23(13-15)28(25,26)20-5-3-4-18(11-20)21(24)27-19-8-6-17(12-22)7-9-19/h3-9,11,15-16H,10,13-14H2,1-2H3. The van der Waals surface area contributed by atoms with E-state index in [1.807, 2.05) is 19.9 Å². The number of ether oxygens (including phenoxy) is 1. The van der Waals surface area contributed by atoms with Gasteiger partial charge in [-0.1, -0.05) is 19.9 Å². The zero-order valence-electron chi connectivity index (χ0n) is 15.8. The van der Waals surface area contributed by atoms with Gasteiger partial charge in [0.25, 0.3) is 0 Å². The van der Waals surface area contributed by atoms with E-state index in [2.05, 4.69) is 0 Å². The number of hydrogen-bond acceptors (Lipinski definition) is 5. The fourth-order valence-corrected chi connectivity index (χ4v) is 5.22. The minimum atomic E-state index is -3.68. The molecule has 7 heteroatoms. The number of benzene rings is 2. The molecule has 1 aliphatic rings. The fraction of sp³-hybridized carbons (Fsp3) is 0.333. The Bertz CT molecular complexity index is 999. The first-order valence-corrected chi connectivity index (χ1v) is 10.6. The summed E-state index contributed by atoms with van der Waals surface area (Å²) in [7, 11) is -3.68. The maximum atomic E-state index is 13.0. The van der Waals surface area contributed by atoms with Crippen LogP contribution in [-0.4, -0.2) is 31.8 Å². The summed E-state index contributed by atoms with van der Waals surface area (Å²) in [6, 6.07) is 14.0. The van der Waals surface area contributed by atoms with Crippen molar-refractivity contribution in [3.63, 3.8) is 0 Å².